The number of anilines is 1. The maximum absolute atomic E-state index is 12.6. The highest BCUT2D eigenvalue weighted by atomic mass is 35.5. The van der Waals surface area contributed by atoms with Crippen molar-refractivity contribution in [3.8, 4) is 0 Å². The van der Waals surface area contributed by atoms with Crippen molar-refractivity contribution >= 4 is 33.2 Å². The molecule has 0 aliphatic carbocycles. The first-order valence-electron chi connectivity index (χ1n) is 8.53. The molecule has 0 spiro atoms. The van der Waals surface area contributed by atoms with Crippen molar-refractivity contribution in [2.75, 3.05) is 17.8 Å². The molecule has 0 bridgehead atoms. The molecule has 1 heterocycles. The molecule has 1 aliphatic rings. The number of likely N-dealkylation sites (tertiary alicyclic amines) is 1. The van der Waals surface area contributed by atoms with Gasteiger partial charge in [-0.15, -0.1) is 0 Å². The van der Waals surface area contributed by atoms with Crippen LogP contribution in [0.25, 0.3) is 0 Å². The van der Waals surface area contributed by atoms with E-state index in [-0.39, 0.29) is 10.8 Å². The largest absolute Gasteiger partial charge is 0.338 e. The standard InChI is InChI=1S/C19H21ClN2O3S/c1-14-4-3-11-22(13-14)19(23)15-7-9-18(10-8-15)26(24,25)21-17-6-2-5-16(20)12-17/h2,5-10,12,14,21H,3-4,11,13H2,1H3. The number of nitrogens with one attached hydrogen (secondary N) is 1. The van der Waals surface area contributed by atoms with E-state index in [1.165, 1.54) is 18.2 Å². The van der Waals surface area contributed by atoms with E-state index < -0.39 is 10.0 Å². The summed E-state index contributed by atoms with van der Waals surface area (Å²) in [6.07, 6.45) is 2.14. The zero-order valence-electron chi connectivity index (χ0n) is 14.5. The van der Waals surface area contributed by atoms with Gasteiger partial charge < -0.3 is 4.90 Å². The van der Waals surface area contributed by atoms with Gasteiger partial charge in [0.05, 0.1) is 10.6 Å². The highest BCUT2D eigenvalue weighted by molar-refractivity contribution is 7.92. The molecular formula is C19H21ClN2O3S. The van der Waals surface area contributed by atoms with Gasteiger partial charge in [0, 0.05) is 23.7 Å². The van der Waals surface area contributed by atoms with Gasteiger partial charge >= 0.3 is 0 Å². The summed E-state index contributed by atoms with van der Waals surface area (Å²) < 4.78 is 27.5. The van der Waals surface area contributed by atoms with E-state index in [2.05, 4.69) is 11.6 Å². The van der Waals surface area contributed by atoms with Crippen molar-refractivity contribution < 1.29 is 13.2 Å². The molecule has 1 unspecified atom stereocenters. The summed E-state index contributed by atoms with van der Waals surface area (Å²) in [6, 6.07) is 12.5. The third-order valence-electron chi connectivity index (χ3n) is 4.43. The third kappa shape index (κ3) is 4.37. The van der Waals surface area contributed by atoms with Crippen LogP contribution in [0.4, 0.5) is 5.69 Å². The first-order valence-corrected chi connectivity index (χ1v) is 10.4. The number of hydrogen-bond acceptors (Lipinski definition) is 3. The predicted octanol–water partition coefficient (Wildman–Crippen LogP) is 4.01. The molecule has 1 aliphatic heterocycles. The average molecular weight is 393 g/mol. The molecule has 1 amide bonds. The molecule has 0 radical (unpaired) electrons. The monoisotopic (exact) mass is 392 g/mol. The Morgan fingerprint density at radius 3 is 2.58 bits per heavy atom. The summed E-state index contributed by atoms with van der Waals surface area (Å²) in [7, 11) is -3.74. The Morgan fingerprint density at radius 1 is 1.19 bits per heavy atom. The Bertz CT molecular complexity index is 897. The average Bonchev–Trinajstić information content (AvgIpc) is 2.61. The lowest BCUT2D eigenvalue weighted by Crippen LogP contribution is -2.39. The lowest BCUT2D eigenvalue weighted by atomic mass is 9.99. The fourth-order valence-corrected chi connectivity index (χ4v) is 4.34. The van der Waals surface area contributed by atoms with Crippen LogP contribution in [0.1, 0.15) is 30.1 Å². The number of carbonyl (C=O) groups excluding carboxylic acids is 1. The van der Waals surface area contributed by atoms with Crippen molar-refractivity contribution in [2.24, 2.45) is 5.92 Å². The van der Waals surface area contributed by atoms with Gasteiger partial charge in [-0.2, -0.15) is 0 Å². The van der Waals surface area contributed by atoms with E-state index in [4.69, 9.17) is 11.6 Å². The van der Waals surface area contributed by atoms with Gasteiger partial charge in [0.15, 0.2) is 0 Å². The van der Waals surface area contributed by atoms with Gasteiger partial charge in [-0.1, -0.05) is 24.6 Å². The minimum Gasteiger partial charge on any atom is -0.338 e. The number of piperidine rings is 1. The minimum absolute atomic E-state index is 0.0525. The van der Waals surface area contributed by atoms with Gasteiger partial charge in [-0.05, 0) is 61.2 Å². The van der Waals surface area contributed by atoms with E-state index in [1.54, 1.807) is 30.3 Å². The zero-order valence-corrected chi connectivity index (χ0v) is 16.1. The van der Waals surface area contributed by atoms with Crippen LogP contribution in [-0.2, 0) is 10.0 Å². The number of amides is 1. The predicted molar refractivity (Wildman–Crippen MR) is 103 cm³/mol. The highest BCUT2D eigenvalue weighted by Gasteiger charge is 2.22. The molecule has 1 atom stereocenters. The number of halogens is 1. The molecule has 0 saturated carbocycles. The first kappa shape index (κ1) is 18.7. The van der Waals surface area contributed by atoms with Crippen molar-refractivity contribution in [2.45, 2.75) is 24.7 Å². The van der Waals surface area contributed by atoms with Crippen molar-refractivity contribution in [3.63, 3.8) is 0 Å². The molecule has 1 N–H and O–H groups in total. The summed E-state index contributed by atoms with van der Waals surface area (Å²) in [4.78, 5) is 14.5. The van der Waals surface area contributed by atoms with E-state index >= 15 is 0 Å². The van der Waals surface area contributed by atoms with E-state index in [1.807, 2.05) is 4.90 Å². The topological polar surface area (TPSA) is 66.5 Å². The maximum Gasteiger partial charge on any atom is 0.261 e. The second kappa shape index (κ2) is 7.68. The lowest BCUT2D eigenvalue weighted by Gasteiger charge is -2.31. The molecule has 1 saturated heterocycles. The number of hydrogen-bond donors (Lipinski definition) is 1. The number of nitrogens with zero attached hydrogens (tertiary/aromatic N) is 1. The molecule has 2 aromatic carbocycles. The van der Waals surface area contributed by atoms with Crippen LogP contribution >= 0.6 is 11.6 Å². The van der Waals surface area contributed by atoms with Gasteiger partial charge in [0.1, 0.15) is 0 Å². The zero-order chi connectivity index (χ0) is 18.7. The van der Waals surface area contributed by atoms with Crippen molar-refractivity contribution in [1.82, 2.24) is 4.90 Å². The second-order valence-corrected chi connectivity index (χ2v) is 8.76. The summed E-state index contributed by atoms with van der Waals surface area (Å²) >= 11 is 5.88. The summed E-state index contributed by atoms with van der Waals surface area (Å²) in [5, 5.41) is 0.446. The van der Waals surface area contributed by atoms with Crippen LogP contribution in [0.15, 0.2) is 53.4 Å². The summed E-state index contributed by atoms with van der Waals surface area (Å²) in [6.45, 7) is 3.63. The third-order valence-corrected chi connectivity index (χ3v) is 6.06. The minimum atomic E-state index is -3.74. The second-order valence-electron chi connectivity index (χ2n) is 6.64. The summed E-state index contributed by atoms with van der Waals surface area (Å²) in [5.74, 6) is 0.442. The Hall–Kier alpha value is -2.05. The van der Waals surface area contributed by atoms with Gasteiger partial charge in [0.25, 0.3) is 15.9 Å². The van der Waals surface area contributed by atoms with Crippen LogP contribution in [0.5, 0.6) is 0 Å². The quantitative estimate of drug-likeness (QED) is 0.854. The van der Waals surface area contributed by atoms with Gasteiger partial charge in [0.2, 0.25) is 0 Å². The van der Waals surface area contributed by atoms with Crippen LogP contribution in [0.3, 0.4) is 0 Å². The fourth-order valence-electron chi connectivity index (χ4n) is 3.10. The number of benzene rings is 2. The fraction of sp³-hybridized carbons (Fsp3) is 0.316. The van der Waals surface area contributed by atoms with Gasteiger partial charge in [-0.25, -0.2) is 8.42 Å². The van der Waals surface area contributed by atoms with Gasteiger partial charge in [-0.3, -0.25) is 9.52 Å². The molecule has 0 aromatic heterocycles. The molecule has 138 valence electrons. The maximum atomic E-state index is 12.6. The van der Waals surface area contributed by atoms with E-state index in [9.17, 15) is 13.2 Å². The Kier molecular flexibility index (Phi) is 5.53. The normalized spacial score (nSPS) is 17.8. The molecule has 2 aromatic rings. The molecule has 7 heteroatoms. The first-order chi connectivity index (χ1) is 12.3. The lowest BCUT2D eigenvalue weighted by molar-refractivity contribution is 0.0683. The van der Waals surface area contributed by atoms with Crippen LogP contribution < -0.4 is 4.72 Å². The Balaban J connectivity index is 1.75. The number of carbonyl (C=O) groups is 1. The molecule has 26 heavy (non-hydrogen) atoms. The van der Waals surface area contributed by atoms with Crippen molar-refractivity contribution in [1.29, 1.82) is 0 Å². The van der Waals surface area contributed by atoms with E-state index in [0.29, 0.717) is 22.2 Å². The SMILES string of the molecule is CC1CCCN(C(=O)c2ccc(S(=O)(=O)Nc3cccc(Cl)c3)cc2)C1. The van der Waals surface area contributed by atoms with E-state index in [0.717, 1.165) is 25.9 Å². The van der Waals surface area contributed by atoms with Crippen LogP contribution in [0.2, 0.25) is 5.02 Å². The molecule has 3 rings (SSSR count). The van der Waals surface area contributed by atoms with Crippen molar-refractivity contribution in [3.05, 3.63) is 59.1 Å². The van der Waals surface area contributed by atoms with Crippen LogP contribution in [-0.4, -0.2) is 32.3 Å². The molecule has 5 nitrogen and oxygen atoms in total. The number of rotatable bonds is 4. The Morgan fingerprint density at radius 2 is 1.92 bits per heavy atom. The summed E-state index contributed by atoms with van der Waals surface area (Å²) in [5.41, 5.74) is 0.890. The number of sulfonamides is 1. The molecule has 1 fully saturated rings. The molecular weight excluding hydrogens is 372 g/mol. The Labute approximate surface area is 159 Å². The van der Waals surface area contributed by atoms with Crippen LogP contribution in [0, 0.1) is 5.92 Å². The smallest absolute Gasteiger partial charge is 0.261 e. The highest BCUT2D eigenvalue weighted by Crippen LogP contribution is 2.21.